The molecule has 0 saturated heterocycles. The zero-order chi connectivity index (χ0) is 17.7. The van der Waals surface area contributed by atoms with Gasteiger partial charge in [0.1, 0.15) is 11.2 Å². The summed E-state index contributed by atoms with van der Waals surface area (Å²) in [7, 11) is 0. The van der Waals surface area contributed by atoms with E-state index >= 15 is 8.78 Å². The minimum absolute atomic E-state index is 0.000640. The number of alkyl halides is 2. The largest absolute Gasteiger partial charge is 0.298 e. The quantitative estimate of drug-likeness (QED) is 0.677. The molecule has 0 radical (unpaired) electrons. The summed E-state index contributed by atoms with van der Waals surface area (Å²) in [5.41, 5.74) is 0.664. The van der Waals surface area contributed by atoms with Gasteiger partial charge in [-0.2, -0.15) is 8.78 Å². The van der Waals surface area contributed by atoms with Crippen LogP contribution in [0, 0.1) is 0 Å². The number of nitrogens with zero attached hydrogens (tertiary/aromatic N) is 3. The van der Waals surface area contributed by atoms with Crippen LogP contribution >= 0.6 is 0 Å². The van der Waals surface area contributed by atoms with Crippen molar-refractivity contribution in [1.82, 2.24) is 10.2 Å². The maximum absolute atomic E-state index is 15.0. The molecule has 25 heavy (non-hydrogen) atoms. The normalized spacial score (nSPS) is 21.7. The van der Waals surface area contributed by atoms with Gasteiger partial charge in [-0.05, 0) is 25.5 Å². The Kier molecular flexibility index (Phi) is 3.42. The molecule has 3 aromatic rings. The Morgan fingerprint density at radius 1 is 0.960 bits per heavy atom. The van der Waals surface area contributed by atoms with Gasteiger partial charge >= 0.3 is 0 Å². The fraction of sp³-hybridized carbons (Fsp3) is 0.250. The van der Waals surface area contributed by atoms with E-state index in [4.69, 9.17) is 0 Å². The number of hydrogen-bond donors (Lipinski definition) is 0. The van der Waals surface area contributed by atoms with Gasteiger partial charge < -0.3 is 0 Å². The summed E-state index contributed by atoms with van der Waals surface area (Å²) in [4.78, 5) is 4.47. The van der Waals surface area contributed by atoms with Crippen molar-refractivity contribution in [3.8, 4) is 0 Å². The molecule has 0 N–H and O–H groups in total. The highest BCUT2D eigenvalue weighted by molar-refractivity contribution is 6.14. The Morgan fingerprint density at radius 2 is 1.68 bits per heavy atom. The van der Waals surface area contributed by atoms with Gasteiger partial charge in [-0.15, -0.1) is 10.2 Å². The predicted octanol–water partition coefficient (Wildman–Crippen LogP) is 4.74. The lowest BCUT2D eigenvalue weighted by molar-refractivity contribution is -0.0769. The van der Waals surface area contributed by atoms with Gasteiger partial charge in [0.25, 0.3) is 5.92 Å². The lowest BCUT2D eigenvalue weighted by Gasteiger charge is -2.38. The third-order valence-electron chi connectivity index (χ3n) is 4.98. The summed E-state index contributed by atoms with van der Waals surface area (Å²) in [6, 6.07) is 16.0. The molecule has 1 unspecified atom stereocenters. The van der Waals surface area contributed by atoms with E-state index in [0.29, 0.717) is 17.0 Å². The van der Waals surface area contributed by atoms with Crippen LogP contribution in [0.25, 0.3) is 10.9 Å². The van der Waals surface area contributed by atoms with E-state index in [1.54, 1.807) is 25.1 Å². The first-order valence-electron chi connectivity index (χ1n) is 8.27. The smallest absolute Gasteiger partial charge is 0.269 e. The molecule has 0 amide bonds. The molecular formula is C20H17F2N3. The number of halogens is 2. The Hall–Kier alpha value is -2.69. The summed E-state index contributed by atoms with van der Waals surface area (Å²) in [5.74, 6) is -3.04. The average Bonchev–Trinajstić information content (AvgIpc) is 2.64. The monoisotopic (exact) mass is 337 g/mol. The topological polar surface area (TPSA) is 38.1 Å². The number of aromatic nitrogens is 2. The summed E-state index contributed by atoms with van der Waals surface area (Å²) >= 11 is 0. The molecule has 1 aliphatic heterocycles. The summed E-state index contributed by atoms with van der Waals surface area (Å²) < 4.78 is 30.1. The molecule has 5 heteroatoms. The number of benzene rings is 2. The fourth-order valence-corrected chi connectivity index (χ4v) is 3.23. The first kappa shape index (κ1) is 15.8. The highest BCUT2D eigenvalue weighted by Gasteiger charge is 2.54. The molecule has 1 atom stereocenters. The van der Waals surface area contributed by atoms with Crippen LogP contribution in [0.5, 0.6) is 0 Å². The third kappa shape index (κ3) is 2.26. The van der Waals surface area contributed by atoms with Gasteiger partial charge in [0.2, 0.25) is 0 Å². The molecule has 3 nitrogen and oxygen atoms in total. The Labute approximate surface area is 144 Å². The summed E-state index contributed by atoms with van der Waals surface area (Å²) in [5, 5.41) is 9.38. The molecule has 1 aromatic heterocycles. The molecule has 4 rings (SSSR count). The molecule has 0 fully saturated rings. The van der Waals surface area contributed by atoms with E-state index in [9.17, 15) is 0 Å². The first-order chi connectivity index (χ1) is 12.0. The second-order valence-electron chi connectivity index (χ2n) is 6.50. The zero-order valence-electron chi connectivity index (χ0n) is 14.0. The van der Waals surface area contributed by atoms with E-state index < -0.39 is 11.5 Å². The standard InChI is InChI=1S/C20H17F2N3/c1-3-19(2)20(21,22)15-10-6-5-9-14(15)18(23-19)17-12-13-8-4-7-11-16(13)24-25-17/h4-12H,3H2,1-2H3. The Morgan fingerprint density at radius 3 is 2.48 bits per heavy atom. The van der Waals surface area contributed by atoms with Gasteiger partial charge in [0.15, 0.2) is 0 Å². The van der Waals surface area contributed by atoms with Crippen LogP contribution in [0.15, 0.2) is 59.6 Å². The minimum Gasteiger partial charge on any atom is -0.269 e. The lowest BCUT2D eigenvalue weighted by Crippen LogP contribution is -2.46. The van der Waals surface area contributed by atoms with Crippen molar-refractivity contribution in [3.63, 3.8) is 0 Å². The molecule has 0 spiro atoms. The van der Waals surface area contributed by atoms with Crippen molar-refractivity contribution in [2.45, 2.75) is 31.7 Å². The second kappa shape index (κ2) is 5.41. The van der Waals surface area contributed by atoms with Crippen LogP contribution in [0.4, 0.5) is 8.78 Å². The molecular weight excluding hydrogens is 320 g/mol. The van der Waals surface area contributed by atoms with E-state index in [0.717, 1.165) is 10.9 Å². The predicted molar refractivity (Wildman–Crippen MR) is 94.2 cm³/mol. The van der Waals surface area contributed by atoms with Crippen LogP contribution in [0.2, 0.25) is 0 Å². The number of rotatable bonds is 2. The van der Waals surface area contributed by atoms with Crippen LogP contribution in [0.1, 0.15) is 37.1 Å². The average molecular weight is 337 g/mol. The van der Waals surface area contributed by atoms with Crippen molar-refractivity contribution in [3.05, 3.63) is 71.4 Å². The SMILES string of the molecule is CCC1(C)N=C(c2cc3ccccc3nn2)c2ccccc2C1(F)F. The van der Waals surface area contributed by atoms with Crippen LogP contribution in [0.3, 0.4) is 0 Å². The molecule has 2 heterocycles. The summed E-state index contributed by atoms with van der Waals surface area (Å²) in [6.07, 6.45) is 0.221. The van der Waals surface area contributed by atoms with E-state index in [2.05, 4.69) is 15.2 Å². The lowest BCUT2D eigenvalue weighted by atomic mass is 9.79. The maximum atomic E-state index is 15.0. The molecule has 0 aliphatic carbocycles. The second-order valence-corrected chi connectivity index (χ2v) is 6.50. The third-order valence-corrected chi connectivity index (χ3v) is 4.98. The molecule has 0 bridgehead atoms. The molecule has 0 saturated carbocycles. The first-order valence-corrected chi connectivity index (χ1v) is 8.27. The fourth-order valence-electron chi connectivity index (χ4n) is 3.23. The van der Waals surface area contributed by atoms with E-state index in [1.807, 2.05) is 30.3 Å². The molecule has 1 aliphatic rings. The van der Waals surface area contributed by atoms with E-state index in [-0.39, 0.29) is 12.0 Å². The van der Waals surface area contributed by atoms with Gasteiger partial charge in [-0.3, -0.25) is 4.99 Å². The van der Waals surface area contributed by atoms with Crippen molar-refractivity contribution >= 4 is 16.6 Å². The molecule has 126 valence electrons. The van der Waals surface area contributed by atoms with Crippen LogP contribution in [-0.4, -0.2) is 21.4 Å². The highest BCUT2D eigenvalue weighted by atomic mass is 19.3. The minimum atomic E-state index is -3.04. The maximum Gasteiger partial charge on any atom is 0.298 e. The Balaban J connectivity index is 1.98. The van der Waals surface area contributed by atoms with E-state index in [1.165, 1.54) is 13.0 Å². The van der Waals surface area contributed by atoms with Crippen LogP contribution in [-0.2, 0) is 5.92 Å². The molecule has 2 aromatic carbocycles. The van der Waals surface area contributed by atoms with Gasteiger partial charge in [0.05, 0.1) is 11.2 Å². The van der Waals surface area contributed by atoms with Crippen molar-refractivity contribution < 1.29 is 8.78 Å². The Bertz CT molecular complexity index is 997. The summed E-state index contributed by atoms with van der Waals surface area (Å²) in [6.45, 7) is 3.23. The van der Waals surface area contributed by atoms with Crippen molar-refractivity contribution in [2.75, 3.05) is 0 Å². The van der Waals surface area contributed by atoms with Crippen molar-refractivity contribution in [2.24, 2.45) is 4.99 Å². The van der Waals surface area contributed by atoms with Gasteiger partial charge in [-0.1, -0.05) is 49.4 Å². The van der Waals surface area contributed by atoms with Crippen molar-refractivity contribution in [1.29, 1.82) is 0 Å². The number of fused-ring (bicyclic) bond motifs is 2. The number of hydrogen-bond acceptors (Lipinski definition) is 3. The zero-order valence-corrected chi connectivity index (χ0v) is 14.0. The van der Waals surface area contributed by atoms with Crippen LogP contribution < -0.4 is 0 Å². The van der Waals surface area contributed by atoms with Gasteiger partial charge in [0, 0.05) is 16.5 Å². The number of aliphatic imine (C=N–C) groups is 1. The van der Waals surface area contributed by atoms with Gasteiger partial charge in [-0.25, -0.2) is 0 Å². The highest BCUT2D eigenvalue weighted by Crippen LogP contribution is 2.48.